The molecule has 1 saturated carbocycles. The van der Waals surface area contributed by atoms with Gasteiger partial charge in [-0.3, -0.25) is 4.79 Å². The van der Waals surface area contributed by atoms with Crippen molar-refractivity contribution in [2.45, 2.75) is 31.7 Å². The second-order valence-corrected chi connectivity index (χ2v) is 4.93. The van der Waals surface area contributed by atoms with E-state index in [0.717, 1.165) is 18.4 Å². The minimum Gasteiger partial charge on any atom is -0.356 e. The maximum Gasteiger partial charge on any atom is 0.221 e. The molecule has 1 unspecified atom stereocenters. The Hall–Kier alpha value is -1.42. The Labute approximate surface area is 107 Å². The zero-order chi connectivity index (χ0) is 13.0. The predicted molar refractivity (Wildman–Crippen MR) is 68.4 cm³/mol. The van der Waals surface area contributed by atoms with Crippen LogP contribution in [0.1, 0.15) is 24.8 Å². The second-order valence-electron chi connectivity index (χ2n) is 4.93. The standard InChI is InChI=1S/C14H19FN2O/c15-12-5-1-10(2-6-12)7-8-17-14(18)9-13(16)11-3-4-11/h1-2,5-6,11,13H,3-4,7-9,16H2,(H,17,18). The third-order valence-corrected chi connectivity index (χ3v) is 3.30. The molecule has 0 saturated heterocycles. The molecule has 0 aromatic heterocycles. The highest BCUT2D eigenvalue weighted by atomic mass is 19.1. The fourth-order valence-corrected chi connectivity index (χ4v) is 1.97. The molecule has 1 atom stereocenters. The molecule has 0 bridgehead atoms. The van der Waals surface area contributed by atoms with Gasteiger partial charge in [0.1, 0.15) is 5.82 Å². The summed E-state index contributed by atoms with van der Waals surface area (Å²) in [5, 5.41) is 2.85. The molecule has 1 aliphatic carbocycles. The summed E-state index contributed by atoms with van der Waals surface area (Å²) in [4.78, 5) is 11.6. The van der Waals surface area contributed by atoms with Gasteiger partial charge in [-0.25, -0.2) is 4.39 Å². The van der Waals surface area contributed by atoms with Gasteiger partial charge < -0.3 is 11.1 Å². The van der Waals surface area contributed by atoms with Crippen molar-refractivity contribution in [2.75, 3.05) is 6.54 Å². The van der Waals surface area contributed by atoms with Gasteiger partial charge in [0.25, 0.3) is 0 Å². The van der Waals surface area contributed by atoms with Crippen LogP contribution in [0.5, 0.6) is 0 Å². The fourth-order valence-electron chi connectivity index (χ4n) is 1.97. The average Bonchev–Trinajstić information content (AvgIpc) is 3.15. The molecule has 1 aromatic rings. The third kappa shape index (κ3) is 4.11. The summed E-state index contributed by atoms with van der Waals surface area (Å²) < 4.78 is 12.7. The van der Waals surface area contributed by atoms with Gasteiger partial charge in [-0.05, 0) is 42.9 Å². The summed E-state index contributed by atoms with van der Waals surface area (Å²) in [6.45, 7) is 0.571. The van der Waals surface area contributed by atoms with Crippen molar-refractivity contribution in [3.8, 4) is 0 Å². The van der Waals surface area contributed by atoms with Crippen molar-refractivity contribution >= 4 is 5.91 Å². The quantitative estimate of drug-likeness (QED) is 0.806. The average molecular weight is 250 g/mol. The number of nitrogens with one attached hydrogen (secondary N) is 1. The highest BCUT2D eigenvalue weighted by Gasteiger charge is 2.29. The minimum absolute atomic E-state index is 0.0100. The molecule has 0 spiro atoms. The molecule has 2 rings (SSSR count). The van der Waals surface area contributed by atoms with E-state index in [9.17, 15) is 9.18 Å². The van der Waals surface area contributed by atoms with Crippen molar-refractivity contribution < 1.29 is 9.18 Å². The lowest BCUT2D eigenvalue weighted by Gasteiger charge is -2.10. The molecular formula is C14H19FN2O. The number of hydrogen-bond acceptors (Lipinski definition) is 2. The van der Waals surface area contributed by atoms with Crippen LogP contribution < -0.4 is 11.1 Å². The summed E-state index contributed by atoms with van der Waals surface area (Å²) in [5.74, 6) is 0.322. The lowest BCUT2D eigenvalue weighted by molar-refractivity contribution is -0.121. The Morgan fingerprint density at radius 3 is 2.67 bits per heavy atom. The van der Waals surface area contributed by atoms with Gasteiger partial charge in [0.05, 0.1) is 0 Å². The van der Waals surface area contributed by atoms with Crippen LogP contribution in [-0.4, -0.2) is 18.5 Å². The van der Waals surface area contributed by atoms with E-state index in [1.807, 2.05) is 0 Å². The molecule has 1 amide bonds. The highest BCUT2D eigenvalue weighted by Crippen LogP contribution is 2.32. The summed E-state index contributed by atoms with van der Waals surface area (Å²) in [6, 6.07) is 6.34. The van der Waals surface area contributed by atoms with Gasteiger partial charge in [-0.1, -0.05) is 12.1 Å². The number of benzene rings is 1. The van der Waals surface area contributed by atoms with E-state index in [4.69, 9.17) is 5.73 Å². The van der Waals surface area contributed by atoms with E-state index in [0.29, 0.717) is 25.3 Å². The Bertz CT molecular complexity index is 401. The van der Waals surface area contributed by atoms with Gasteiger partial charge in [-0.15, -0.1) is 0 Å². The van der Waals surface area contributed by atoms with E-state index >= 15 is 0 Å². The van der Waals surface area contributed by atoms with Crippen LogP contribution in [0.3, 0.4) is 0 Å². The first-order valence-electron chi connectivity index (χ1n) is 6.42. The Morgan fingerprint density at radius 1 is 1.39 bits per heavy atom. The van der Waals surface area contributed by atoms with Gasteiger partial charge in [-0.2, -0.15) is 0 Å². The van der Waals surface area contributed by atoms with Gasteiger partial charge in [0.15, 0.2) is 0 Å². The predicted octanol–water partition coefficient (Wildman–Crippen LogP) is 1.61. The van der Waals surface area contributed by atoms with Gasteiger partial charge in [0.2, 0.25) is 5.91 Å². The SMILES string of the molecule is NC(CC(=O)NCCc1ccc(F)cc1)C1CC1. The van der Waals surface area contributed by atoms with Crippen LogP contribution in [0, 0.1) is 11.7 Å². The van der Waals surface area contributed by atoms with Crippen LogP contribution in [0.4, 0.5) is 4.39 Å². The molecule has 0 heterocycles. The molecule has 4 heteroatoms. The van der Waals surface area contributed by atoms with E-state index < -0.39 is 0 Å². The van der Waals surface area contributed by atoms with Crippen LogP contribution >= 0.6 is 0 Å². The maximum absolute atomic E-state index is 12.7. The molecule has 0 aliphatic heterocycles. The minimum atomic E-state index is -0.238. The number of nitrogens with two attached hydrogens (primary N) is 1. The van der Waals surface area contributed by atoms with Crippen LogP contribution in [0.15, 0.2) is 24.3 Å². The zero-order valence-corrected chi connectivity index (χ0v) is 10.4. The number of rotatable bonds is 6. The molecule has 1 fully saturated rings. The summed E-state index contributed by atoms with van der Waals surface area (Å²) in [5.41, 5.74) is 6.89. The summed E-state index contributed by atoms with van der Waals surface area (Å²) in [6.07, 6.45) is 3.44. The van der Waals surface area contributed by atoms with E-state index in [2.05, 4.69) is 5.32 Å². The molecule has 3 N–H and O–H groups in total. The Morgan fingerprint density at radius 2 is 2.06 bits per heavy atom. The first kappa shape index (κ1) is 13.0. The molecule has 1 aliphatic rings. The first-order chi connectivity index (χ1) is 8.65. The lowest BCUT2D eigenvalue weighted by atomic mass is 10.1. The smallest absolute Gasteiger partial charge is 0.221 e. The number of carbonyl (C=O) groups is 1. The molecule has 18 heavy (non-hydrogen) atoms. The summed E-state index contributed by atoms with van der Waals surface area (Å²) in [7, 11) is 0. The lowest BCUT2D eigenvalue weighted by Crippen LogP contribution is -2.33. The Balaban J connectivity index is 1.65. The molecule has 3 nitrogen and oxygen atoms in total. The Kier molecular flexibility index (Phi) is 4.31. The maximum atomic E-state index is 12.7. The van der Waals surface area contributed by atoms with Gasteiger partial charge >= 0.3 is 0 Å². The fraction of sp³-hybridized carbons (Fsp3) is 0.500. The topological polar surface area (TPSA) is 55.1 Å². The monoisotopic (exact) mass is 250 g/mol. The number of hydrogen-bond donors (Lipinski definition) is 2. The second kappa shape index (κ2) is 5.96. The van der Waals surface area contributed by atoms with Crippen LogP contribution in [-0.2, 0) is 11.2 Å². The van der Waals surface area contributed by atoms with Crippen molar-refractivity contribution in [3.63, 3.8) is 0 Å². The third-order valence-electron chi connectivity index (χ3n) is 3.30. The van der Waals surface area contributed by atoms with Gasteiger partial charge in [0, 0.05) is 19.0 Å². The normalized spacial score (nSPS) is 16.3. The zero-order valence-electron chi connectivity index (χ0n) is 10.4. The largest absolute Gasteiger partial charge is 0.356 e. The van der Waals surface area contributed by atoms with Crippen molar-refractivity contribution in [1.29, 1.82) is 0 Å². The number of halogens is 1. The van der Waals surface area contributed by atoms with Crippen molar-refractivity contribution in [1.82, 2.24) is 5.32 Å². The van der Waals surface area contributed by atoms with Crippen molar-refractivity contribution in [3.05, 3.63) is 35.6 Å². The molecule has 0 radical (unpaired) electrons. The first-order valence-corrected chi connectivity index (χ1v) is 6.42. The van der Waals surface area contributed by atoms with Crippen LogP contribution in [0.2, 0.25) is 0 Å². The summed E-state index contributed by atoms with van der Waals surface area (Å²) >= 11 is 0. The van der Waals surface area contributed by atoms with E-state index in [-0.39, 0.29) is 17.8 Å². The van der Waals surface area contributed by atoms with E-state index in [1.54, 1.807) is 12.1 Å². The van der Waals surface area contributed by atoms with Crippen LogP contribution in [0.25, 0.3) is 0 Å². The highest BCUT2D eigenvalue weighted by molar-refractivity contribution is 5.76. The number of amides is 1. The molecule has 98 valence electrons. The number of carbonyl (C=O) groups excluding carboxylic acids is 1. The van der Waals surface area contributed by atoms with Crippen molar-refractivity contribution in [2.24, 2.45) is 11.7 Å². The molecular weight excluding hydrogens is 231 g/mol. The van der Waals surface area contributed by atoms with E-state index in [1.165, 1.54) is 12.1 Å². The molecule has 1 aromatic carbocycles.